The third-order valence-electron chi connectivity index (χ3n) is 4.70. The fourth-order valence-electron chi connectivity index (χ4n) is 3.14. The molecular formula is C19H24N2O3S2. The van der Waals surface area contributed by atoms with Crippen molar-refractivity contribution < 1.29 is 13.2 Å². The molecule has 1 fully saturated rings. The van der Waals surface area contributed by atoms with E-state index in [0.29, 0.717) is 23.9 Å². The van der Waals surface area contributed by atoms with Gasteiger partial charge < -0.3 is 5.32 Å². The molecular weight excluding hydrogens is 368 g/mol. The van der Waals surface area contributed by atoms with Gasteiger partial charge in [-0.15, -0.1) is 11.3 Å². The van der Waals surface area contributed by atoms with Gasteiger partial charge in [0.1, 0.15) is 0 Å². The topological polar surface area (TPSA) is 66.5 Å². The fraction of sp³-hybridized carbons (Fsp3) is 0.421. The second kappa shape index (κ2) is 7.50. The van der Waals surface area contributed by atoms with Gasteiger partial charge >= 0.3 is 0 Å². The third kappa shape index (κ3) is 4.00. The zero-order valence-electron chi connectivity index (χ0n) is 15.3. The predicted octanol–water partition coefficient (Wildman–Crippen LogP) is 4.04. The summed E-state index contributed by atoms with van der Waals surface area (Å²) in [4.78, 5) is 13.1. The summed E-state index contributed by atoms with van der Waals surface area (Å²) in [7, 11) is -3.53. The molecule has 3 rings (SSSR count). The van der Waals surface area contributed by atoms with Crippen LogP contribution in [0, 0.1) is 19.8 Å². The highest BCUT2D eigenvalue weighted by Gasteiger charge is 2.30. The van der Waals surface area contributed by atoms with Crippen molar-refractivity contribution in [1.29, 1.82) is 0 Å². The van der Waals surface area contributed by atoms with Gasteiger partial charge in [0.2, 0.25) is 10.0 Å². The van der Waals surface area contributed by atoms with Gasteiger partial charge in [-0.05, 0) is 55.9 Å². The molecule has 1 aromatic heterocycles. The van der Waals surface area contributed by atoms with E-state index in [4.69, 9.17) is 0 Å². The Morgan fingerprint density at radius 3 is 2.77 bits per heavy atom. The molecule has 0 aliphatic carbocycles. The zero-order valence-corrected chi connectivity index (χ0v) is 16.9. The highest BCUT2D eigenvalue weighted by atomic mass is 32.2. The second-order valence-electron chi connectivity index (χ2n) is 7.03. The van der Waals surface area contributed by atoms with E-state index in [2.05, 4.69) is 12.2 Å². The minimum absolute atomic E-state index is 0.211. The lowest BCUT2D eigenvalue weighted by atomic mass is 10.0. The molecule has 0 saturated carbocycles. The van der Waals surface area contributed by atoms with Crippen LogP contribution in [0.25, 0.3) is 0 Å². The largest absolute Gasteiger partial charge is 0.321 e. The smallest absolute Gasteiger partial charge is 0.265 e. The molecule has 0 bridgehead atoms. The van der Waals surface area contributed by atoms with Crippen LogP contribution in [0.4, 0.5) is 5.69 Å². The Bertz CT molecular complexity index is 919. The summed E-state index contributed by atoms with van der Waals surface area (Å²) in [5.74, 6) is 0.0846. The zero-order chi connectivity index (χ0) is 18.9. The van der Waals surface area contributed by atoms with Crippen LogP contribution in [0.2, 0.25) is 0 Å². The SMILES string of the molecule is Cc1ccc(C)c(NC(=O)c2cc(S(=O)(=O)N3CCCC(C)C3)cs2)c1. The first-order valence-electron chi connectivity index (χ1n) is 8.74. The van der Waals surface area contributed by atoms with Crippen LogP contribution in [-0.2, 0) is 10.0 Å². The van der Waals surface area contributed by atoms with Gasteiger partial charge in [-0.2, -0.15) is 4.31 Å². The molecule has 0 radical (unpaired) electrons. The maximum atomic E-state index is 12.8. The van der Waals surface area contributed by atoms with E-state index >= 15 is 0 Å². The Morgan fingerprint density at radius 2 is 2.04 bits per heavy atom. The van der Waals surface area contributed by atoms with Crippen LogP contribution < -0.4 is 5.32 Å². The summed E-state index contributed by atoms with van der Waals surface area (Å²) in [6, 6.07) is 7.33. The summed E-state index contributed by atoms with van der Waals surface area (Å²) >= 11 is 1.16. The van der Waals surface area contributed by atoms with E-state index in [1.165, 1.54) is 10.4 Å². The molecule has 5 nitrogen and oxygen atoms in total. The molecule has 1 aliphatic rings. The van der Waals surface area contributed by atoms with Gasteiger partial charge in [0, 0.05) is 24.2 Å². The van der Waals surface area contributed by atoms with E-state index in [1.54, 1.807) is 5.38 Å². The van der Waals surface area contributed by atoms with E-state index in [9.17, 15) is 13.2 Å². The van der Waals surface area contributed by atoms with Crippen LogP contribution in [0.3, 0.4) is 0 Å². The molecule has 1 saturated heterocycles. The van der Waals surface area contributed by atoms with Crippen molar-refractivity contribution in [2.75, 3.05) is 18.4 Å². The number of thiophene rings is 1. The Kier molecular flexibility index (Phi) is 5.50. The van der Waals surface area contributed by atoms with Gasteiger partial charge in [-0.25, -0.2) is 8.42 Å². The number of hydrogen-bond donors (Lipinski definition) is 1. The number of sulfonamides is 1. The predicted molar refractivity (Wildman–Crippen MR) is 105 cm³/mol. The molecule has 1 amide bonds. The molecule has 140 valence electrons. The van der Waals surface area contributed by atoms with E-state index in [0.717, 1.165) is 41.0 Å². The van der Waals surface area contributed by atoms with Crippen LogP contribution in [0.1, 0.15) is 40.6 Å². The van der Waals surface area contributed by atoms with Gasteiger partial charge in [0.15, 0.2) is 0 Å². The molecule has 1 atom stereocenters. The van der Waals surface area contributed by atoms with Crippen LogP contribution in [-0.4, -0.2) is 31.7 Å². The highest BCUT2D eigenvalue weighted by Crippen LogP contribution is 2.27. The molecule has 1 unspecified atom stereocenters. The first-order valence-corrected chi connectivity index (χ1v) is 11.1. The summed E-state index contributed by atoms with van der Waals surface area (Å²) in [6.07, 6.45) is 1.93. The van der Waals surface area contributed by atoms with Crippen molar-refractivity contribution in [1.82, 2.24) is 4.31 Å². The maximum Gasteiger partial charge on any atom is 0.265 e. The van der Waals surface area contributed by atoms with Crippen molar-refractivity contribution in [3.8, 4) is 0 Å². The first-order chi connectivity index (χ1) is 12.3. The lowest BCUT2D eigenvalue weighted by Crippen LogP contribution is -2.38. The van der Waals surface area contributed by atoms with Crippen molar-refractivity contribution >= 4 is 33.0 Å². The van der Waals surface area contributed by atoms with E-state index in [1.807, 2.05) is 32.0 Å². The Hall–Kier alpha value is -1.70. The number of nitrogens with zero attached hydrogens (tertiary/aromatic N) is 1. The van der Waals surface area contributed by atoms with Gasteiger partial charge in [0.25, 0.3) is 5.91 Å². The van der Waals surface area contributed by atoms with Crippen LogP contribution in [0.15, 0.2) is 34.5 Å². The average Bonchev–Trinajstić information content (AvgIpc) is 3.09. The van der Waals surface area contributed by atoms with Crippen molar-refractivity contribution in [3.05, 3.63) is 45.6 Å². The standard InChI is InChI=1S/C19H24N2O3S2/c1-13-6-7-15(3)17(9-13)20-19(22)18-10-16(12-25-18)26(23,24)21-8-4-5-14(2)11-21/h6-7,9-10,12,14H,4-5,8,11H2,1-3H3,(H,20,22). The molecule has 7 heteroatoms. The lowest BCUT2D eigenvalue weighted by molar-refractivity contribution is 0.103. The normalized spacial score (nSPS) is 18.7. The van der Waals surface area contributed by atoms with Crippen molar-refractivity contribution in [3.63, 3.8) is 0 Å². The molecule has 1 aromatic carbocycles. The number of carbonyl (C=O) groups is 1. The molecule has 1 aliphatic heterocycles. The third-order valence-corrected chi connectivity index (χ3v) is 7.62. The molecule has 2 aromatic rings. The average molecular weight is 393 g/mol. The van der Waals surface area contributed by atoms with E-state index in [-0.39, 0.29) is 10.8 Å². The van der Waals surface area contributed by atoms with Crippen LogP contribution in [0.5, 0.6) is 0 Å². The minimum Gasteiger partial charge on any atom is -0.321 e. The van der Waals surface area contributed by atoms with Crippen molar-refractivity contribution in [2.24, 2.45) is 5.92 Å². The van der Waals surface area contributed by atoms with E-state index < -0.39 is 10.0 Å². The summed E-state index contributed by atoms with van der Waals surface area (Å²) in [5, 5.41) is 4.44. The Labute approximate surface area is 159 Å². The lowest BCUT2D eigenvalue weighted by Gasteiger charge is -2.29. The van der Waals surface area contributed by atoms with Crippen molar-refractivity contribution in [2.45, 2.75) is 38.5 Å². The number of aryl methyl sites for hydroxylation is 2. The quantitative estimate of drug-likeness (QED) is 0.854. The number of anilines is 1. The molecule has 1 N–H and O–H groups in total. The van der Waals surface area contributed by atoms with Gasteiger partial charge in [0.05, 0.1) is 9.77 Å². The monoisotopic (exact) mass is 392 g/mol. The highest BCUT2D eigenvalue weighted by molar-refractivity contribution is 7.89. The summed E-state index contributed by atoms with van der Waals surface area (Å²) < 4.78 is 27.2. The number of hydrogen-bond acceptors (Lipinski definition) is 4. The number of carbonyl (C=O) groups excluding carboxylic acids is 1. The minimum atomic E-state index is -3.53. The Balaban J connectivity index is 1.78. The molecule has 26 heavy (non-hydrogen) atoms. The number of rotatable bonds is 4. The first kappa shape index (κ1) is 19.1. The number of piperidine rings is 1. The van der Waals surface area contributed by atoms with Gasteiger partial charge in [-0.1, -0.05) is 19.1 Å². The number of benzene rings is 1. The summed E-state index contributed by atoms with van der Waals surface area (Å²) in [6.45, 7) is 7.05. The molecule has 0 spiro atoms. The number of nitrogens with one attached hydrogen (secondary N) is 1. The second-order valence-corrected chi connectivity index (χ2v) is 9.88. The maximum absolute atomic E-state index is 12.8. The summed E-state index contributed by atoms with van der Waals surface area (Å²) in [5.41, 5.74) is 2.77. The fourth-order valence-corrected chi connectivity index (χ4v) is 5.90. The van der Waals surface area contributed by atoms with Crippen LogP contribution >= 0.6 is 11.3 Å². The Morgan fingerprint density at radius 1 is 1.27 bits per heavy atom. The van der Waals surface area contributed by atoms with Gasteiger partial charge in [-0.3, -0.25) is 4.79 Å². The molecule has 2 heterocycles. The number of amides is 1.